The van der Waals surface area contributed by atoms with Crippen LogP contribution in [0.5, 0.6) is 0 Å². The Morgan fingerprint density at radius 3 is 2.48 bits per heavy atom. The molecule has 25 heavy (non-hydrogen) atoms. The molecule has 1 N–H and O–H groups in total. The molecule has 0 radical (unpaired) electrons. The highest BCUT2D eigenvalue weighted by Gasteiger charge is 2.36. The Hall–Kier alpha value is -2.04. The van der Waals surface area contributed by atoms with Crippen molar-refractivity contribution in [3.8, 4) is 0 Å². The number of nitrogens with one attached hydrogen (secondary N) is 1. The minimum Gasteiger partial charge on any atom is -0.326 e. The number of nitrogens with zero attached hydrogens (tertiary/aromatic N) is 1. The Balaban J connectivity index is 1.76. The molecule has 2 aromatic rings. The standard InChI is InChI=1S/C19H18Cl2N2O2/c1-11-7-12(2)18(16(21)8-11)23-10-13(9-17(23)24)19(25)22-15-5-3-14(20)4-6-15/h3-8,13H,9-10H2,1-2H3,(H,22,25). The lowest BCUT2D eigenvalue weighted by Crippen LogP contribution is -2.28. The van der Waals surface area contributed by atoms with Gasteiger partial charge in [-0.2, -0.15) is 0 Å². The first-order valence-corrected chi connectivity index (χ1v) is 8.74. The fourth-order valence-electron chi connectivity index (χ4n) is 3.13. The number of halogens is 2. The number of rotatable bonds is 3. The van der Waals surface area contributed by atoms with E-state index in [0.29, 0.717) is 28.0 Å². The third-order valence-electron chi connectivity index (χ3n) is 4.28. The summed E-state index contributed by atoms with van der Waals surface area (Å²) < 4.78 is 0. The molecule has 3 rings (SSSR count). The number of hydrogen-bond acceptors (Lipinski definition) is 2. The molecule has 1 fully saturated rings. The highest BCUT2D eigenvalue weighted by atomic mass is 35.5. The average Bonchev–Trinajstić information content (AvgIpc) is 2.90. The minimum atomic E-state index is -0.417. The van der Waals surface area contributed by atoms with Crippen LogP contribution in [0.15, 0.2) is 36.4 Å². The third kappa shape index (κ3) is 3.80. The van der Waals surface area contributed by atoms with Crippen LogP contribution in [0.3, 0.4) is 0 Å². The molecule has 1 unspecified atom stereocenters. The van der Waals surface area contributed by atoms with Gasteiger partial charge >= 0.3 is 0 Å². The van der Waals surface area contributed by atoms with Crippen molar-refractivity contribution < 1.29 is 9.59 Å². The molecule has 1 heterocycles. The summed E-state index contributed by atoms with van der Waals surface area (Å²) in [5.41, 5.74) is 3.32. The van der Waals surface area contributed by atoms with Gasteiger partial charge in [0.2, 0.25) is 11.8 Å². The maximum atomic E-state index is 12.5. The predicted octanol–water partition coefficient (Wildman–Crippen LogP) is 4.60. The number of anilines is 2. The van der Waals surface area contributed by atoms with Gasteiger partial charge in [0.05, 0.1) is 16.6 Å². The first-order chi connectivity index (χ1) is 11.8. The maximum absolute atomic E-state index is 12.5. The van der Waals surface area contributed by atoms with Crippen LogP contribution in [0.2, 0.25) is 10.0 Å². The predicted molar refractivity (Wildman–Crippen MR) is 101 cm³/mol. The van der Waals surface area contributed by atoms with Gasteiger partial charge in [0.25, 0.3) is 0 Å². The Bertz CT molecular complexity index is 811. The molecular weight excluding hydrogens is 359 g/mol. The summed E-state index contributed by atoms with van der Waals surface area (Å²) in [7, 11) is 0. The molecule has 0 bridgehead atoms. The van der Waals surface area contributed by atoms with Crippen molar-refractivity contribution in [1.29, 1.82) is 0 Å². The molecule has 1 atom stereocenters. The van der Waals surface area contributed by atoms with E-state index >= 15 is 0 Å². The van der Waals surface area contributed by atoms with Crippen molar-refractivity contribution in [1.82, 2.24) is 0 Å². The van der Waals surface area contributed by atoms with Crippen molar-refractivity contribution in [2.24, 2.45) is 5.92 Å². The van der Waals surface area contributed by atoms with Crippen LogP contribution in [-0.2, 0) is 9.59 Å². The molecule has 130 valence electrons. The third-order valence-corrected chi connectivity index (χ3v) is 4.82. The van der Waals surface area contributed by atoms with Gasteiger partial charge in [0.15, 0.2) is 0 Å². The number of carbonyl (C=O) groups is 2. The molecule has 0 spiro atoms. The summed E-state index contributed by atoms with van der Waals surface area (Å²) in [4.78, 5) is 26.6. The van der Waals surface area contributed by atoms with Gasteiger partial charge in [-0.25, -0.2) is 0 Å². The first-order valence-electron chi connectivity index (χ1n) is 7.98. The number of hydrogen-bond donors (Lipinski definition) is 1. The molecule has 4 nitrogen and oxygen atoms in total. The minimum absolute atomic E-state index is 0.0925. The molecule has 2 amide bonds. The van der Waals surface area contributed by atoms with Gasteiger partial charge in [0, 0.05) is 23.7 Å². The van der Waals surface area contributed by atoms with Crippen LogP contribution in [0, 0.1) is 19.8 Å². The van der Waals surface area contributed by atoms with E-state index < -0.39 is 5.92 Å². The van der Waals surface area contributed by atoms with E-state index in [4.69, 9.17) is 23.2 Å². The molecule has 6 heteroatoms. The molecule has 1 aliphatic heterocycles. The molecule has 2 aromatic carbocycles. The normalized spacial score (nSPS) is 17.0. The second kappa shape index (κ2) is 7.06. The van der Waals surface area contributed by atoms with Crippen LogP contribution in [0.1, 0.15) is 17.5 Å². The van der Waals surface area contributed by atoms with Crippen molar-refractivity contribution in [3.05, 3.63) is 57.6 Å². The van der Waals surface area contributed by atoms with Gasteiger partial charge < -0.3 is 10.2 Å². The zero-order valence-electron chi connectivity index (χ0n) is 14.0. The highest BCUT2D eigenvalue weighted by Crippen LogP contribution is 2.35. The van der Waals surface area contributed by atoms with Crippen molar-refractivity contribution in [3.63, 3.8) is 0 Å². The SMILES string of the molecule is Cc1cc(C)c(N2CC(C(=O)Nc3ccc(Cl)cc3)CC2=O)c(Cl)c1. The van der Waals surface area contributed by atoms with E-state index in [1.165, 1.54) is 0 Å². The lowest BCUT2D eigenvalue weighted by molar-refractivity contribution is -0.122. The van der Waals surface area contributed by atoms with Crippen LogP contribution in [-0.4, -0.2) is 18.4 Å². The maximum Gasteiger partial charge on any atom is 0.229 e. The van der Waals surface area contributed by atoms with E-state index in [1.54, 1.807) is 29.2 Å². The Morgan fingerprint density at radius 2 is 1.84 bits per heavy atom. The molecule has 1 aliphatic rings. The molecule has 0 aliphatic carbocycles. The van der Waals surface area contributed by atoms with Gasteiger partial charge in [0.1, 0.15) is 0 Å². The van der Waals surface area contributed by atoms with E-state index in [9.17, 15) is 9.59 Å². The van der Waals surface area contributed by atoms with Crippen LogP contribution < -0.4 is 10.2 Å². The number of carbonyl (C=O) groups excluding carboxylic acids is 2. The Kier molecular flexibility index (Phi) is 5.02. The number of amides is 2. The van der Waals surface area contributed by atoms with E-state index in [0.717, 1.165) is 11.1 Å². The van der Waals surface area contributed by atoms with E-state index in [-0.39, 0.29) is 18.2 Å². The monoisotopic (exact) mass is 376 g/mol. The fourth-order valence-corrected chi connectivity index (χ4v) is 3.68. The van der Waals surface area contributed by atoms with Crippen LogP contribution >= 0.6 is 23.2 Å². The average molecular weight is 377 g/mol. The van der Waals surface area contributed by atoms with Gasteiger partial charge in [-0.3, -0.25) is 9.59 Å². The summed E-state index contributed by atoms with van der Waals surface area (Å²) >= 11 is 12.2. The zero-order chi connectivity index (χ0) is 18.1. The van der Waals surface area contributed by atoms with Gasteiger partial charge in [-0.05, 0) is 55.3 Å². The summed E-state index contributed by atoms with van der Waals surface area (Å²) in [6.45, 7) is 4.20. The molecule has 0 saturated carbocycles. The largest absolute Gasteiger partial charge is 0.326 e. The van der Waals surface area contributed by atoms with Crippen LogP contribution in [0.25, 0.3) is 0 Å². The van der Waals surface area contributed by atoms with Gasteiger partial charge in [-0.1, -0.05) is 29.3 Å². The van der Waals surface area contributed by atoms with Gasteiger partial charge in [-0.15, -0.1) is 0 Å². The smallest absolute Gasteiger partial charge is 0.229 e. The Morgan fingerprint density at radius 1 is 1.16 bits per heavy atom. The molecular formula is C19H18Cl2N2O2. The topological polar surface area (TPSA) is 49.4 Å². The second-order valence-corrected chi connectivity index (χ2v) is 7.16. The highest BCUT2D eigenvalue weighted by molar-refractivity contribution is 6.34. The van der Waals surface area contributed by atoms with E-state index in [2.05, 4.69) is 5.32 Å². The number of aryl methyl sites for hydroxylation is 2. The van der Waals surface area contributed by atoms with Crippen LogP contribution in [0.4, 0.5) is 11.4 Å². The van der Waals surface area contributed by atoms with Crippen molar-refractivity contribution >= 4 is 46.4 Å². The first kappa shape index (κ1) is 17.8. The van der Waals surface area contributed by atoms with Crippen molar-refractivity contribution in [2.75, 3.05) is 16.8 Å². The summed E-state index contributed by atoms with van der Waals surface area (Å²) in [5, 5.41) is 3.97. The lowest BCUT2D eigenvalue weighted by Gasteiger charge is -2.21. The summed E-state index contributed by atoms with van der Waals surface area (Å²) in [5.74, 6) is -0.691. The Labute approximate surface area is 156 Å². The molecule has 0 aromatic heterocycles. The quantitative estimate of drug-likeness (QED) is 0.850. The fraction of sp³-hybridized carbons (Fsp3) is 0.263. The van der Waals surface area contributed by atoms with E-state index in [1.807, 2.05) is 26.0 Å². The number of benzene rings is 2. The lowest BCUT2D eigenvalue weighted by atomic mass is 10.1. The second-order valence-electron chi connectivity index (χ2n) is 6.31. The molecule has 1 saturated heterocycles. The summed E-state index contributed by atoms with van der Waals surface area (Å²) in [6, 6.07) is 10.7. The zero-order valence-corrected chi connectivity index (χ0v) is 15.5. The van der Waals surface area contributed by atoms with Crippen molar-refractivity contribution in [2.45, 2.75) is 20.3 Å². The summed E-state index contributed by atoms with van der Waals surface area (Å²) in [6.07, 6.45) is 0.170.